The topological polar surface area (TPSA) is 62.3 Å². The van der Waals surface area contributed by atoms with Gasteiger partial charge in [-0.2, -0.15) is 4.31 Å². The highest BCUT2D eigenvalue weighted by atomic mass is 32.2. The molecule has 1 N–H and O–H groups in total. The van der Waals surface area contributed by atoms with Gasteiger partial charge in [0.1, 0.15) is 0 Å². The number of aryl methyl sites for hydroxylation is 1. The molecule has 0 unspecified atom stereocenters. The minimum atomic E-state index is -3.47. The fraction of sp³-hybridized carbons (Fsp3) is 0.462. The van der Waals surface area contributed by atoms with E-state index in [2.05, 4.69) is 10.3 Å². The zero-order valence-corrected chi connectivity index (χ0v) is 14.7. The van der Waals surface area contributed by atoms with Crippen LogP contribution in [-0.4, -0.2) is 31.3 Å². The van der Waals surface area contributed by atoms with Gasteiger partial charge in [-0.15, -0.1) is 22.7 Å². The average molecular weight is 346 g/mol. The van der Waals surface area contributed by atoms with Crippen LogP contribution in [0.5, 0.6) is 0 Å². The van der Waals surface area contributed by atoms with Crippen molar-refractivity contribution in [2.75, 3.05) is 13.6 Å². The Morgan fingerprint density at radius 3 is 2.71 bits per heavy atom. The molecule has 2 heterocycles. The number of thiophene rings is 1. The van der Waals surface area contributed by atoms with Gasteiger partial charge < -0.3 is 5.32 Å². The molecule has 0 aliphatic rings. The molecule has 116 valence electrons. The Labute approximate surface area is 133 Å². The van der Waals surface area contributed by atoms with Crippen molar-refractivity contribution in [1.29, 1.82) is 0 Å². The molecule has 0 saturated carbocycles. The Balaban J connectivity index is 2.21. The Kier molecular flexibility index (Phi) is 5.50. The standard InChI is InChI=1S/C13H19N3O2S3/c1-4-14-7-11-13(5-6-19-11)21(17,18)16(3)8-12-10(2)15-9-20-12/h5-6,9,14H,4,7-8H2,1-3H3. The van der Waals surface area contributed by atoms with Gasteiger partial charge in [-0.05, 0) is 24.9 Å². The van der Waals surface area contributed by atoms with E-state index in [1.807, 2.05) is 19.2 Å². The summed E-state index contributed by atoms with van der Waals surface area (Å²) in [6.45, 7) is 5.65. The predicted octanol–water partition coefficient (Wildman–Crippen LogP) is 2.44. The molecule has 8 heteroatoms. The summed E-state index contributed by atoms with van der Waals surface area (Å²) >= 11 is 2.95. The fourth-order valence-corrected chi connectivity index (χ4v) is 5.29. The normalized spacial score (nSPS) is 12.2. The van der Waals surface area contributed by atoms with E-state index >= 15 is 0 Å². The average Bonchev–Trinajstić information content (AvgIpc) is 3.06. The lowest BCUT2D eigenvalue weighted by Crippen LogP contribution is -2.27. The molecular formula is C13H19N3O2S3. The first-order valence-electron chi connectivity index (χ1n) is 6.59. The second-order valence-electron chi connectivity index (χ2n) is 4.61. The molecule has 2 aromatic rings. The van der Waals surface area contributed by atoms with Crippen LogP contribution >= 0.6 is 22.7 Å². The van der Waals surface area contributed by atoms with Crippen molar-refractivity contribution in [3.63, 3.8) is 0 Å². The van der Waals surface area contributed by atoms with Crippen LogP contribution in [0.1, 0.15) is 22.4 Å². The Hall–Kier alpha value is -0.800. The SMILES string of the molecule is CCNCc1sccc1S(=O)(=O)N(C)Cc1scnc1C. The van der Waals surface area contributed by atoms with E-state index in [0.29, 0.717) is 18.0 Å². The van der Waals surface area contributed by atoms with Crippen LogP contribution in [0.15, 0.2) is 21.9 Å². The van der Waals surface area contributed by atoms with Gasteiger partial charge in [-0.3, -0.25) is 0 Å². The van der Waals surface area contributed by atoms with Gasteiger partial charge in [0.2, 0.25) is 10.0 Å². The molecule has 0 saturated heterocycles. The van der Waals surface area contributed by atoms with Gasteiger partial charge >= 0.3 is 0 Å². The van der Waals surface area contributed by atoms with Crippen molar-refractivity contribution in [3.05, 3.63) is 32.4 Å². The Bertz CT molecular complexity index is 691. The maximum atomic E-state index is 12.7. The molecular weight excluding hydrogens is 326 g/mol. The highest BCUT2D eigenvalue weighted by Gasteiger charge is 2.25. The third-order valence-electron chi connectivity index (χ3n) is 3.14. The van der Waals surface area contributed by atoms with Crippen LogP contribution in [-0.2, 0) is 23.1 Å². The number of hydrogen-bond acceptors (Lipinski definition) is 6. The quantitative estimate of drug-likeness (QED) is 0.837. The van der Waals surface area contributed by atoms with Crippen LogP contribution in [0, 0.1) is 6.92 Å². The second-order valence-corrected chi connectivity index (χ2v) is 8.56. The van der Waals surface area contributed by atoms with Crippen molar-refractivity contribution in [1.82, 2.24) is 14.6 Å². The number of nitrogens with zero attached hydrogens (tertiary/aromatic N) is 2. The van der Waals surface area contributed by atoms with E-state index in [9.17, 15) is 8.42 Å². The predicted molar refractivity (Wildman–Crippen MR) is 87.2 cm³/mol. The Morgan fingerprint density at radius 2 is 2.10 bits per heavy atom. The molecule has 0 aliphatic carbocycles. The number of rotatable bonds is 7. The molecule has 0 radical (unpaired) electrons. The van der Waals surface area contributed by atoms with E-state index in [1.54, 1.807) is 18.6 Å². The van der Waals surface area contributed by atoms with Gasteiger partial charge in [-0.1, -0.05) is 6.92 Å². The van der Waals surface area contributed by atoms with Crippen LogP contribution in [0.4, 0.5) is 0 Å². The van der Waals surface area contributed by atoms with Gasteiger partial charge in [0, 0.05) is 29.9 Å². The molecule has 5 nitrogen and oxygen atoms in total. The monoisotopic (exact) mass is 345 g/mol. The summed E-state index contributed by atoms with van der Waals surface area (Å²) in [6, 6.07) is 1.68. The van der Waals surface area contributed by atoms with Gasteiger partial charge in [0.15, 0.2) is 0 Å². The minimum absolute atomic E-state index is 0.356. The number of hydrogen-bond donors (Lipinski definition) is 1. The fourth-order valence-electron chi connectivity index (χ4n) is 1.86. The lowest BCUT2D eigenvalue weighted by atomic mass is 10.4. The van der Waals surface area contributed by atoms with E-state index in [-0.39, 0.29) is 0 Å². The van der Waals surface area contributed by atoms with Crippen molar-refractivity contribution in [2.45, 2.75) is 31.8 Å². The van der Waals surface area contributed by atoms with Crippen molar-refractivity contribution >= 4 is 32.7 Å². The molecule has 0 fully saturated rings. The molecule has 0 aliphatic heterocycles. The first kappa shape index (κ1) is 16.6. The molecule has 0 atom stereocenters. The number of sulfonamides is 1. The highest BCUT2D eigenvalue weighted by Crippen LogP contribution is 2.26. The van der Waals surface area contributed by atoms with Crippen LogP contribution in [0.2, 0.25) is 0 Å². The molecule has 21 heavy (non-hydrogen) atoms. The maximum Gasteiger partial charge on any atom is 0.244 e. The molecule has 0 bridgehead atoms. The summed E-state index contributed by atoms with van der Waals surface area (Å²) in [5.74, 6) is 0. The van der Waals surface area contributed by atoms with Crippen LogP contribution in [0.3, 0.4) is 0 Å². The minimum Gasteiger partial charge on any atom is -0.312 e. The first-order chi connectivity index (χ1) is 9.96. The molecule has 2 rings (SSSR count). The van der Waals surface area contributed by atoms with Crippen LogP contribution < -0.4 is 5.32 Å². The first-order valence-corrected chi connectivity index (χ1v) is 9.79. The van der Waals surface area contributed by atoms with Crippen molar-refractivity contribution < 1.29 is 8.42 Å². The van der Waals surface area contributed by atoms with Gasteiger partial charge in [0.05, 0.1) is 16.1 Å². The number of thiazole rings is 1. The molecule has 0 spiro atoms. The molecule has 0 aromatic carbocycles. The van der Waals surface area contributed by atoms with E-state index in [0.717, 1.165) is 22.0 Å². The van der Waals surface area contributed by atoms with Crippen molar-refractivity contribution in [2.24, 2.45) is 0 Å². The lowest BCUT2D eigenvalue weighted by molar-refractivity contribution is 0.468. The lowest BCUT2D eigenvalue weighted by Gasteiger charge is -2.17. The summed E-state index contributed by atoms with van der Waals surface area (Å²) in [6.07, 6.45) is 0. The number of aromatic nitrogens is 1. The summed E-state index contributed by atoms with van der Waals surface area (Å²) in [7, 11) is -1.85. The highest BCUT2D eigenvalue weighted by molar-refractivity contribution is 7.89. The third kappa shape index (κ3) is 3.70. The summed E-state index contributed by atoms with van der Waals surface area (Å²) < 4.78 is 26.8. The zero-order chi connectivity index (χ0) is 15.5. The van der Waals surface area contributed by atoms with E-state index in [1.165, 1.54) is 27.0 Å². The van der Waals surface area contributed by atoms with Crippen molar-refractivity contribution in [3.8, 4) is 0 Å². The maximum absolute atomic E-state index is 12.7. The van der Waals surface area contributed by atoms with E-state index in [4.69, 9.17) is 0 Å². The van der Waals surface area contributed by atoms with Crippen LogP contribution in [0.25, 0.3) is 0 Å². The number of nitrogens with one attached hydrogen (secondary N) is 1. The molecule has 2 aromatic heterocycles. The smallest absolute Gasteiger partial charge is 0.244 e. The summed E-state index contributed by atoms with van der Waals surface area (Å²) in [4.78, 5) is 6.39. The Morgan fingerprint density at radius 1 is 1.33 bits per heavy atom. The largest absolute Gasteiger partial charge is 0.312 e. The zero-order valence-electron chi connectivity index (χ0n) is 12.3. The van der Waals surface area contributed by atoms with Gasteiger partial charge in [0.25, 0.3) is 0 Å². The molecule has 0 amide bonds. The van der Waals surface area contributed by atoms with E-state index < -0.39 is 10.0 Å². The summed E-state index contributed by atoms with van der Waals surface area (Å²) in [5, 5.41) is 5.00. The third-order valence-corrected chi connectivity index (χ3v) is 7.00. The summed E-state index contributed by atoms with van der Waals surface area (Å²) in [5.41, 5.74) is 2.63. The second kappa shape index (κ2) is 6.97. The van der Waals surface area contributed by atoms with Gasteiger partial charge in [-0.25, -0.2) is 13.4 Å².